The maximum absolute atomic E-state index is 12.5. The van der Waals surface area contributed by atoms with Crippen molar-refractivity contribution >= 4 is 5.97 Å². The molecule has 0 fully saturated rings. The number of aryl methyl sites for hydroxylation is 3. The van der Waals surface area contributed by atoms with Gasteiger partial charge in [0.25, 0.3) is 0 Å². The van der Waals surface area contributed by atoms with Crippen LogP contribution in [0.4, 0.5) is 0 Å². The van der Waals surface area contributed by atoms with Gasteiger partial charge in [-0.15, -0.1) is 0 Å². The summed E-state index contributed by atoms with van der Waals surface area (Å²) in [4.78, 5) is 17.1. The highest BCUT2D eigenvalue weighted by Crippen LogP contribution is 2.30. The third-order valence-corrected chi connectivity index (χ3v) is 3.96. The second kappa shape index (κ2) is 7.62. The van der Waals surface area contributed by atoms with E-state index in [9.17, 15) is 4.79 Å². The zero-order valence-corrected chi connectivity index (χ0v) is 15.3. The van der Waals surface area contributed by atoms with Gasteiger partial charge >= 0.3 is 5.97 Å². The molecule has 0 radical (unpaired) electrons. The van der Waals surface area contributed by atoms with E-state index in [2.05, 4.69) is 23.2 Å². The van der Waals surface area contributed by atoms with Crippen molar-refractivity contribution in [3.63, 3.8) is 0 Å². The van der Waals surface area contributed by atoms with Crippen LogP contribution in [-0.4, -0.2) is 28.7 Å². The van der Waals surface area contributed by atoms with Crippen molar-refractivity contribution in [2.24, 2.45) is 0 Å². The first kappa shape index (κ1) is 18.2. The number of hydrogen-bond donors (Lipinski definition) is 0. The van der Waals surface area contributed by atoms with E-state index in [1.165, 1.54) is 0 Å². The molecular weight excluding hydrogens is 304 g/mol. The van der Waals surface area contributed by atoms with Crippen molar-refractivity contribution in [2.75, 3.05) is 13.2 Å². The minimum Gasteiger partial charge on any atom is -0.461 e. The SMILES string of the molecule is CCOC(=O)c1c(C)nc(-c2cc(C)ccc2C)n1C(C)OCC. The van der Waals surface area contributed by atoms with Gasteiger partial charge in [0.15, 0.2) is 5.69 Å². The monoisotopic (exact) mass is 330 g/mol. The van der Waals surface area contributed by atoms with Gasteiger partial charge in [-0.2, -0.15) is 0 Å². The Morgan fingerprint density at radius 1 is 1.21 bits per heavy atom. The number of esters is 1. The molecular formula is C19H26N2O3. The lowest BCUT2D eigenvalue weighted by molar-refractivity contribution is 0.0195. The second-order valence-corrected chi connectivity index (χ2v) is 5.83. The average molecular weight is 330 g/mol. The summed E-state index contributed by atoms with van der Waals surface area (Å²) in [6.45, 7) is 12.4. The van der Waals surface area contributed by atoms with E-state index in [0.29, 0.717) is 24.6 Å². The summed E-state index contributed by atoms with van der Waals surface area (Å²) in [7, 11) is 0. The Balaban J connectivity index is 2.69. The van der Waals surface area contributed by atoms with Crippen LogP contribution in [0.2, 0.25) is 0 Å². The lowest BCUT2D eigenvalue weighted by Gasteiger charge is -2.20. The van der Waals surface area contributed by atoms with E-state index in [0.717, 1.165) is 22.5 Å². The molecule has 1 unspecified atom stereocenters. The summed E-state index contributed by atoms with van der Waals surface area (Å²) < 4.78 is 12.8. The molecule has 1 aromatic heterocycles. The van der Waals surface area contributed by atoms with Crippen molar-refractivity contribution < 1.29 is 14.3 Å². The lowest BCUT2D eigenvalue weighted by atomic mass is 10.1. The van der Waals surface area contributed by atoms with E-state index in [-0.39, 0.29) is 12.2 Å². The van der Waals surface area contributed by atoms with Crippen molar-refractivity contribution in [1.82, 2.24) is 9.55 Å². The van der Waals surface area contributed by atoms with E-state index in [1.54, 1.807) is 6.92 Å². The lowest BCUT2D eigenvalue weighted by Crippen LogP contribution is -2.19. The minimum atomic E-state index is -0.370. The van der Waals surface area contributed by atoms with Crippen LogP contribution < -0.4 is 0 Å². The summed E-state index contributed by atoms with van der Waals surface area (Å²) in [5.74, 6) is 0.364. The summed E-state index contributed by atoms with van der Waals surface area (Å²) in [5, 5.41) is 0. The highest BCUT2D eigenvalue weighted by molar-refractivity contribution is 5.90. The van der Waals surface area contributed by atoms with Crippen LogP contribution in [0.3, 0.4) is 0 Å². The summed E-state index contributed by atoms with van der Waals surface area (Å²) in [5.41, 5.74) is 4.35. The van der Waals surface area contributed by atoms with Crippen molar-refractivity contribution in [3.05, 3.63) is 40.7 Å². The van der Waals surface area contributed by atoms with Crippen molar-refractivity contribution in [1.29, 1.82) is 0 Å². The molecule has 1 aromatic carbocycles. The molecule has 0 aliphatic carbocycles. The van der Waals surface area contributed by atoms with Gasteiger partial charge in [0, 0.05) is 12.2 Å². The van der Waals surface area contributed by atoms with Crippen molar-refractivity contribution in [3.8, 4) is 11.4 Å². The minimum absolute atomic E-state index is 0.314. The molecule has 0 aliphatic heterocycles. The number of imidazole rings is 1. The molecule has 0 N–H and O–H groups in total. The number of benzene rings is 1. The first-order chi connectivity index (χ1) is 11.4. The zero-order valence-electron chi connectivity index (χ0n) is 15.3. The van der Waals surface area contributed by atoms with Crippen LogP contribution in [0.1, 0.15) is 54.3 Å². The van der Waals surface area contributed by atoms with Gasteiger partial charge in [-0.1, -0.05) is 17.7 Å². The highest BCUT2D eigenvalue weighted by Gasteiger charge is 2.26. The zero-order chi connectivity index (χ0) is 17.9. The summed E-state index contributed by atoms with van der Waals surface area (Å²) in [6.07, 6.45) is -0.314. The van der Waals surface area contributed by atoms with E-state index < -0.39 is 0 Å². The number of rotatable bonds is 6. The van der Waals surface area contributed by atoms with Crippen LogP contribution in [0.25, 0.3) is 11.4 Å². The molecule has 0 saturated carbocycles. The van der Waals surface area contributed by atoms with Crippen LogP contribution in [-0.2, 0) is 9.47 Å². The molecule has 2 aromatic rings. The molecule has 0 aliphatic rings. The number of nitrogens with zero attached hydrogens (tertiary/aromatic N) is 2. The van der Waals surface area contributed by atoms with Gasteiger partial charge in [-0.3, -0.25) is 4.57 Å². The molecule has 5 heteroatoms. The normalized spacial score (nSPS) is 12.2. The first-order valence-corrected chi connectivity index (χ1v) is 8.35. The fourth-order valence-electron chi connectivity index (χ4n) is 2.83. The van der Waals surface area contributed by atoms with Gasteiger partial charge in [0.2, 0.25) is 0 Å². The Bertz CT molecular complexity index is 734. The predicted octanol–water partition coefficient (Wildman–Crippen LogP) is 4.21. The van der Waals surface area contributed by atoms with Crippen molar-refractivity contribution in [2.45, 2.75) is 47.8 Å². The third-order valence-electron chi connectivity index (χ3n) is 3.96. The average Bonchev–Trinajstić information content (AvgIpc) is 2.87. The molecule has 2 rings (SSSR count). The van der Waals surface area contributed by atoms with Gasteiger partial charge in [-0.25, -0.2) is 9.78 Å². The Labute approximate surface area is 143 Å². The highest BCUT2D eigenvalue weighted by atomic mass is 16.5. The molecule has 0 spiro atoms. The number of aromatic nitrogens is 2. The molecule has 0 saturated heterocycles. The Kier molecular flexibility index (Phi) is 5.78. The molecule has 0 bridgehead atoms. The third kappa shape index (κ3) is 3.51. The quantitative estimate of drug-likeness (QED) is 0.745. The van der Waals surface area contributed by atoms with Gasteiger partial charge in [0.05, 0.1) is 12.3 Å². The van der Waals surface area contributed by atoms with E-state index in [1.807, 2.05) is 39.2 Å². The smallest absolute Gasteiger partial charge is 0.356 e. The maximum Gasteiger partial charge on any atom is 0.356 e. The van der Waals surface area contributed by atoms with Crippen LogP contribution in [0, 0.1) is 20.8 Å². The van der Waals surface area contributed by atoms with E-state index >= 15 is 0 Å². The predicted molar refractivity (Wildman–Crippen MR) is 94.2 cm³/mol. The molecule has 1 heterocycles. The number of carbonyl (C=O) groups is 1. The van der Waals surface area contributed by atoms with Gasteiger partial charge < -0.3 is 9.47 Å². The summed E-state index contributed by atoms with van der Waals surface area (Å²) >= 11 is 0. The molecule has 5 nitrogen and oxygen atoms in total. The molecule has 1 atom stereocenters. The Hall–Kier alpha value is -2.14. The van der Waals surface area contributed by atoms with Crippen LogP contribution >= 0.6 is 0 Å². The summed E-state index contributed by atoms with van der Waals surface area (Å²) in [6, 6.07) is 6.22. The fraction of sp³-hybridized carbons (Fsp3) is 0.474. The first-order valence-electron chi connectivity index (χ1n) is 8.35. The fourth-order valence-corrected chi connectivity index (χ4v) is 2.83. The number of carbonyl (C=O) groups excluding carboxylic acids is 1. The molecule has 0 amide bonds. The Morgan fingerprint density at radius 2 is 1.92 bits per heavy atom. The second-order valence-electron chi connectivity index (χ2n) is 5.83. The Morgan fingerprint density at radius 3 is 2.54 bits per heavy atom. The largest absolute Gasteiger partial charge is 0.461 e. The maximum atomic E-state index is 12.5. The molecule has 130 valence electrons. The van der Waals surface area contributed by atoms with Crippen LogP contribution in [0.5, 0.6) is 0 Å². The topological polar surface area (TPSA) is 53.3 Å². The van der Waals surface area contributed by atoms with E-state index in [4.69, 9.17) is 9.47 Å². The van der Waals surface area contributed by atoms with Gasteiger partial charge in [0.1, 0.15) is 12.1 Å². The number of ether oxygens (including phenoxy) is 2. The van der Waals surface area contributed by atoms with Crippen LogP contribution in [0.15, 0.2) is 18.2 Å². The number of hydrogen-bond acceptors (Lipinski definition) is 4. The van der Waals surface area contributed by atoms with Gasteiger partial charge in [-0.05, 0) is 53.2 Å². The molecule has 24 heavy (non-hydrogen) atoms. The standard InChI is InChI=1S/C19H26N2O3/c1-7-23-15(6)21-17(19(22)24-8-2)14(5)20-18(21)16-11-12(3)9-10-13(16)4/h9-11,15H,7-8H2,1-6H3.